The van der Waals surface area contributed by atoms with E-state index in [2.05, 4.69) is 4.98 Å². The quantitative estimate of drug-likeness (QED) is 0.862. The van der Waals surface area contributed by atoms with Crippen molar-refractivity contribution in [2.75, 3.05) is 0 Å². The third kappa shape index (κ3) is 2.47. The molecule has 0 bridgehead atoms. The Morgan fingerprint density at radius 3 is 2.94 bits per heavy atom. The monoisotopic (exact) mass is 283 g/mol. The van der Waals surface area contributed by atoms with Crippen molar-refractivity contribution >= 4 is 35.2 Å². The Labute approximate surface area is 111 Å². The number of halogens is 1. The average Bonchev–Trinajstić information content (AvgIpc) is 2.68. The number of nitriles is 1. The number of hydrogen-bond donors (Lipinski definition) is 1. The van der Waals surface area contributed by atoms with E-state index in [1.54, 1.807) is 18.2 Å². The first-order valence-corrected chi connectivity index (χ1v) is 6.19. The van der Waals surface area contributed by atoms with Gasteiger partial charge in [0, 0.05) is 0 Å². The van der Waals surface area contributed by atoms with Gasteiger partial charge in [-0.1, -0.05) is 23.8 Å². The fraction of sp³-hybridized carbons (Fsp3) is 0.100. The van der Waals surface area contributed by atoms with Gasteiger partial charge < -0.3 is 0 Å². The van der Waals surface area contributed by atoms with Crippen LogP contribution in [0.3, 0.4) is 0 Å². The van der Waals surface area contributed by atoms with Crippen molar-refractivity contribution in [1.82, 2.24) is 9.55 Å². The fourth-order valence-electron chi connectivity index (χ4n) is 1.40. The van der Waals surface area contributed by atoms with Gasteiger partial charge in [-0.15, -0.1) is 11.3 Å². The third-order valence-electron chi connectivity index (χ3n) is 2.09. The summed E-state index contributed by atoms with van der Waals surface area (Å²) in [6, 6.07) is 7.13. The lowest BCUT2D eigenvalue weighted by Crippen LogP contribution is -2.23. The third-order valence-corrected chi connectivity index (χ3v) is 3.56. The van der Waals surface area contributed by atoms with E-state index in [-0.39, 0.29) is 6.54 Å². The summed E-state index contributed by atoms with van der Waals surface area (Å²) in [5, 5.41) is 8.72. The maximum absolute atomic E-state index is 11.7. The lowest BCUT2D eigenvalue weighted by atomic mass is 10.3. The topological polar surface area (TPSA) is 61.6 Å². The number of hydrogen-bond acceptors (Lipinski definition) is 4. The lowest BCUT2D eigenvalue weighted by molar-refractivity contribution is 0.759. The number of nitrogens with one attached hydrogen (secondary N) is 1. The van der Waals surface area contributed by atoms with Crippen LogP contribution in [-0.4, -0.2) is 9.55 Å². The SMILES string of the molecule is N#CCn1c(-c2ccc(Cl)s2)cc(=S)[nH]c1=O. The van der Waals surface area contributed by atoms with Gasteiger partial charge in [-0.05, 0) is 18.2 Å². The zero-order valence-electron chi connectivity index (χ0n) is 8.44. The molecule has 2 aromatic rings. The molecular weight excluding hydrogens is 278 g/mol. The summed E-state index contributed by atoms with van der Waals surface area (Å²) in [6.45, 7) is -0.0319. The van der Waals surface area contributed by atoms with Gasteiger partial charge in [0.15, 0.2) is 0 Å². The number of thiophene rings is 1. The molecule has 0 aromatic carbocycles. The summed E-state index contributed by atoms with van der Waals surface area (Å²) >= 11 is 12.1. The van der Waals surface area contributed by atoms with E-state index >= 15 is 0 Å². The van der Waals surface area contributed by atoms with Crippen LogP contribution >= 0.6 is 35.2 Å². The fourth-order valence-corrected chi connectivity index (χ4v) is 2.67. The van der Waals surface area contributed by atoms with Crippen LogP contribution < -0.4 is 5.69 Å². The second-order valence-corrected chi connectivity index (χ2v) is 5.33. The molecule has 0 aliphatic carbocycles. The summed E-state index contributed by atoms with van der Waals surface area (Å²) in [4.78, 5) is 15.0. The van der Waals surface area contributed by atoms with Gasteiger partial charge in [0.05, 0.1) is 21.0 Å². The molecule has 0 aliphatic heterocycles. The summed E-state index contributed by atoms with van der Waals surface area (Å²) in [6.07, 6.45) is 0. The highest BCUT2D eigenvalue weighted by atomic mass is 35.5. The summed E-state index contributed by atoms with van der Waals surface area (Å²) < 4.78 is 2.29. The second kappa shape index (κ2) is 4.84. The molecular formula is C10H6ClN3OS2. The number of rotatable bonds is 2. The predicted octanol–water partition coefficient (Wildman–Crippen LogP) is 2.81. The van der Waals surface area contributed by atoms with Crippen molar-refractivity contribution in [3.8, 4) is 16.6 Å². The molecule has 2 rings (SSSR count). The van der Waals surface area contributed by atoms with Crippen LogP contribution in [0.4, 0.5) is 0 Å². The zero-order valence-corrected chi connectivity index (χ0v) is 10.8. The Morgan fingerprint density at radius 2 is 2.35 bits per heavy atom. The first-order valence-electron chi connectivity index (χ1n) is 4.58. The number of nitrogens with zero attached hydrogens (tertiary/aromatic N) is 2. The van der Waals surface area contributed by atoms with E-state index < -0.39 is 5.69 Å². The molecule has 0 radical (unpaired) electrons. The van der Waals surface area contributed by atoms with Crippen LogP contribution in [0.2, 0.25) is 4.34 Å². The molecule has 1 N–H and O–H groups in total. The molecule has 86 valence electrons. The van der Waals surface area contributed by atoms with Crippen molar-refractivity contribution in [3.63, 3.8) is 0 Å². The van der Waals surface area contributed by atoms with Crippen molar-refractivity contribution in [1.29, 1.82) is 5.26 Å². The van der Waals surface area contributed by atoms with E-state index in [4.69, 9.17) is 29.1 Å². The van der Waals surface area contributed by atoms with E-state index in [1.165, 1.54) is 15.9 Å². The van der Waals surface area contributed by atoms with Crippen molar-refractivity contribution in [3.05, 3.63) is 37.7 Å². The van der Waals surface area contributed by atoms with E-state index in [1.807, 2.05) is 6.07 Å². The highest BCUT2D eigenvalue weighted by Gasteiger charge is 2.09. The summed E-state index contributed by atoms with van der Waals surface area (Å²) in [5.74, 6) is 0. The molecule has 2 heterocycles. The number of H-pyrrole nitrogens is 1. The van der Waals surface area contributed by atoms with Gasteiger partial charge >= 0.3 is 5.69 Å². The van der Waals surface area contributed by atoms with Crippen molar-refractivity contribution in [2.45, 2.75) is 6.54 Å². The molecule has 0 saturated carbocycles. The Morgan fingerprint density at radius 1 is 1.59 bits per heavy atom. The Kier molecular flexibility index (Phi) is 3.43. The largest absolute Gasteiger partial charge is 0.327 e. The molecule has 4 nitrogen and oxygen atoms in total. The summed E-state index contributed by atoms with van der Waals surface area (Å²) in [7, 11) is 0. The minimum Gasteiger partial charge on any atom is -0.298 e. The van der Waals surface area contributed by atoms with E-state index in [0.717, 1.165) is 4.88 Å². The summed E-state index contributed by atoms with van der Waals surface area (Å²) in [5.41, 5.74) is 0.218. The molecule has 17 heavy (non-hydrogen) atoms. The highest BCUT2D eigenvalue weighted by Crippen LogP contribution is 2.30. The van der Waals surface area contributed by atoms with Gasteiger partial charge in [0.2, 0.25) is 0 Å². The molecule has 0 amide bonds. The predicted molar refractivity (Wildman–Crippen MR) is 69.8 cm³/mol. The highest BCUT2D eigenvalue weighted by molar-refractivity contribution is 7.71. The van der Waals surface area contributed by atoms with Crippen LogP contribution in [-0.2, 0) is 6.54 Å². The van der Waals surface area contributed by atoms with Crippen LogP contribution in [0.1, 0.15) is 0 Å². The smallest absolute Gasteiger partial charge is 0.298 e. The van der Waals surface area contributed by atoms with Gasteiger partial charge in [-0.2, -0.15) is 5.26 Å². The standard InChI is InChI=1S/C10H6ClN3OS2/c11-8-2-1-7(17-8)6-5-9(16)13-10(15)14(6)4-3-12/h1-2,5H,4H2,(H,13,15,16). The number of aromatic amines is 1. The van der Waals surface area contributed by atoms with Gasteiger partial charge in [0.25, 0.3) is 0 Å². The first kappa shape index (κ1) is 12.0. The molecule has 0 aliphatic rings. The number of aromatic nitrogens is 2. The minimum atomic E-state index is -0.390. The Hall–Kier alpha value is -1.42. The van der Waals surface area contributed by atoms with Crippen molar-refractivity contribution in [2.24, 2.45) is 0 Å². The van der Waals surface area contributed by atoms with Gasteiger partial charge in [-0.3, -0.25) is 9.55 Å². The average molecular weight is 284 g/mol. The molecule has 0 spiro atoms. The second-order valence-electron chi connectivity index (χ2n) is 3.17. The maximum Gasteiger partial charge on any atom is 0.327 e. The normalized spacial score (nSPS) is 10.1. The molecule has 0 saturated heterocycles. The van der Waals surface area contributed by atoms with Gasteiger partial charge in [-0.25, -0.2) is 4.79 Å². The zero-order chi connectivity index (χ0) is 12.4. The van der Waals surface area contributed by atoms with Gasteiger partial charge in [0.1, 0.15) is 11.2 Å². The van der Waals surface area contributed by atoms with Crippen LogP contribution in [0.15, 0.2) is 23.0 Å². The first-order chi connectivity index (χ1) is 8.11. The lowest BCUT2D eigenvalue weighted by Gasteiger charge is -2.06. The van der Waals surface area contributed by atoms with E-state index in [9.17, 15) is 4.79 Å². The molecule has 0 atom stereocenters. The Balaban J connectivity index is 2.72. The Bertz CT molecular complexity index is 707. The molecule has 0 unspecified atom stereocenters. The molecule has 0 fully saturated rings. The van der Waals surface area contributed by atoms with Crippen LogP contribution in [0.5, 0.6) is 0 Å². The minimum absolute atomic E-state index is 0.0319. The maximum atomic E-state index is 11.7. The van der Waals surface area contributed by atoms with Crippen molar-refractivity contribution < 1.29 is 0 Å². The van der Waals surface area contributed by atoms with Crippen LogP contribution in [0, 0.1) is 16.0 Å². The molecule has 2 aromatic heterocycles. The van der Waals surface area contributed by atoms with Crippen LogP contribution in [0.25, 0.3) is 10.6 Å². The van der Waals surface area contributed by atoms with E-state index in [0.29, 0.717) is 14.7 Å². The molecule has 7 heteroatoms.